The molecule has 0 fully saturated rings. The monoisotopic (exact) mass is 187 g/mol. The minimum atomic E-state index is 0. The van der Waals surface area contributed by atoms with Crippen molar-refractivity contribution in [3.8, 4) is 0 Å². The SMILES string of the molecule is Cl.Nc1nnc(N)c2n[nH]nc12. The molecule has 12 heavy (non-hydrogen) atoms. The lowest BCUT2D eigenvalue weighted by molar-refractivity contribution is 0.959. The number of nitrogens with zero attached hydrogens (tertiary/aromatic N) is 4. The first-order valence-electron chi connectivity index (χ1n) is 2.87. The molecule has 64 valence electrons. The number of nitrogens with one attached hydrogen (secondary N) is 1. The third-order valence-corrected chi connectivity index (χ3v) is 1.30. The lowest BCUT2D eigenvalue weighted by Gasteiger charge is -1.92. The number of nitrogen functional groups attached to an aromatic ring is 2. The molecule has 2 aromatic rings. The van der Waals surface area contributed by atoms with Crippen molar-refractivity contribution in [3.05, 3.63) is 0 Å². The van der Waals surface area contributed by atoms with Gasteiger partial charge in [0.1, 0.15) is 0 Å². The van der Waals surface area contributed by atoms with Gasteiger partial charge >= 0.3 is 0 Å². The predicted molar refractivity (Wildman–Crippen MR) is 45.6 cm³/mol. The van der Waals surface area contributed by atoms with E-state index in [9.17, 15) is 0 Å². The van der Waals surface area contributed by atoms with Crippen LogP contribution in [0.1, 0.15) is 0 Å². The van der Waals surface area contributed by atoms with Gasteiger partial charge in [-0.05, 0) is 0 Å². The van der Waals surface area contributed by atoms with E-state index in [1.807, 2.05) is 0 Å². The van der Waals surface area contributed by atoms with Gasteiger partial charge < -0.3 is 11.5 Å². The Kier molecular flexibility index (Phi) is 1.96. The summed E-state index contributed by atoms with van der Waals surface area (Å²) < 4.78 is 0. The Bertz CT molecular complexity index is 359. The maximum absolute atomic E-state index is 5.42. The minimum absolute atomic E-state index is 0. The molecular formula is C4H6ClN7. The number of rotatable bonds is 0. The highest BCUT2D eigenvalue weighted by Crippen LogP contribution is 2.15. The first-order valence-corrected chi connectivity index (χ1v) is 2.87. The van der Waals surface area contributed by atoms with Gasteiger partial charge in [0.15, 0.2) is 22.7 Å². The van der Waals surface area contributed by atoms with Crippen LogP contribution >= 0.6 is 12.4 Å². The molecule has 0 spiro atoms. The number of H-pyrrole nitrogens is 1. The van der Waals surface area contributed by atoms with Gasteiger partial charge in [-0.2, -0.15) is 15.4 Å². The molecule has 0 aromatic carbocycles. The Morgan fingerprint density at radius 3 is 1.75 bits per heavy atom. The Morgan fingerprint density at radius 1 is 0.917 bits per heavy atom. The first kappa shape index (κ1) is 8.47. The third-order valence-electron chi connectivity index (χ3n) is 1.30. The molecule has 0 unspecified atom stereocenters. The highest BCUT2D eigenvalue weighted by molar-refractivity contribution is 5.89. The number of anilines is 2. The van der Waals surface area contributed by atoms with Crippen LogP contribution < -0.4 is 11.5 Å². The molecule has 2 rings (SSSR count). The van der Waals surface area contributed by atoms with Crippen molar-refractivity contribution in [1.29, 1.82) is 0 Å². The molecule has 0 aliphatic heterocycles. The number of hydrogen-bond acceptors (Lipinski definition) is 6. The van der Waals surface area contributed by atoms with Gasteiger partial charge in [-0.25, -0.2) is 0 Å². The van der Waals surface area contributed by atoms with Crippen LogP contribution in [0.15, 0.2) is 0 Å². The summed E-state index contributed by atoms with van der Waals surface area (Å²) in [5, 5.41) is 17.0. The van der Waals surface area contributed by atoms with E-state index < -0.39 is 0 Å². The molecule has 0 saturated carbocycles. The molecule has 2 heterocycles. The molecule has 0 aliphatic carbocycles. The summed E-state index contributed by atoms with van der Waals surface area (Å²) in [7, 11) is 0. The molecule has 7 nitrogen and oxygen atoms in total. The second-order valence-electron chi connectivity index (χ2n) is 1.99. The third kappa shape index (κ3) is 0.996. The number of fused-ring (bicyclic) bond motifs is 1. The standard InChI is InChI=1S/C4H5N7.ClH/c5-3-1-2(8-11-7-1)4(6)10-9-3;/h(H2,5,9)(H2,6,10)(H,7,8,11);1H. The van der Waals surface area contributed by atoms with Gasteiger partial charge in [0, 0.05) is 0 Å². The van der Waals surface area contributed by atoms with E-state index in [-0.39, 0.29) is 24.0 Å². The molecule has 0 bridgehead atoms. The molecular weight excluding hydrogens is 182 g/mol. The van der Waals surface area contributed by atoms with Gasteiger partial charge in [0.25, 0.3) is 0 Å². The fourth-order valence-corrected chi connectivity index (χ4v) is 0.791. The summed E-state index contributed by atoms with van der Waals surface area (Å²) >= 11 is 0. The van der Waals surface area contributed by atoms with E-state index in [4.69, 9.17) is 11.5 Å². The smallest absolute Gasteiger partial charge is 0.176 e. The zero-order valence-electron chi connectivity index (χ0n) is 5.85. The summed E-state index contributed by atoms with van der Waals surface area (Å²) in [5.41, 5.74) is 11.7. The number of halogens is 1. The van der Waals surface area contributed by atoms with E-state index in [1.54, 1.807) is 0 Å². The summed E-state index contributed by atoms with van der Waals surface area (Å²) in [5.74, 6) is 0.450. The van der Waals surface area contributed by atoms with E-state index in [2.05, 4.69) is 25.6 Å². The fourth-order valence-electron chi connectivity index (χ4n) is 0.791. The molecule has 0 saturated heterocycles. The Hall–Kier alpha value is -1.63. The number of aromatic amines is 1. The zero-order valence-corrected chi connectivity index (χ0v) is 6.67. The first-order chi connectivity index (χ1) is 5.29. The second-order valence-corrected chi connectivity index (χ2v) is 1.99. The van der Waals surface area contributed by atoms with Crippen molar-refractivity contribution in [3.63, 3.8) is 0 Å². The minimum Gasteiger partial charge on any atom is -0.380 e. The van der Waals surface area contributed by atoms with Crippen molar-refractivity contribution >= 4 is 35.1 Å². The Labute approximate surface area is 72.9 Å². The van der Waals surface area contributed by atoms with Crippen LogP contribution in [0.4, 0.5) is 11.6 Å². The van der Waals surface area contributed by atoms with Gasteiger partial charge in [-0.1, -0.05) is 0 Å². The van der Waals surface area contributed by atoms with Crippen LogP contribution in [0.5, 0.6) is 0 Å². The Morgan fingerprint density at radius 2 is 1.33 bits per heavy atom. The van der Waals surface area contributed by atoms with Crippen LogP contribution in [-0.4, -0.2) is 25.6 Å². The van der Waals surface area contributed by atoms with Crippen molar-refractivity contribution in [2.24, 2.45) is 0 Å². The van der Waals surface area contributed by atoms with E-state index >= 15 is 0 Å². The molecule has 2 aromatic heterocycles. The number of nitrogens with two attached hydrogens (primary N) is 2. The molecule has 8 heteroatoms. The van der Waals surface area contributed by atoms with E-state index in [0.29, 0.717) is 11.0 Å². The van der Waals surface area contributed by atoms with Gasteiger partial charge in [0.05, 0.1) is 0 Å². The zero-order chi connectivity index (χ0) is 7.84. The molecule has 0 aliphatic rings. The highest BCUT2D eigenvalue weighted by Gasteiger charge is 2.07. The topological polar surface area (TPSA) is 119 Å². The average molecular weight is 188 g/mol. The van der Waals surface area contributed by atoms with Crippen molar-refractivity contribution < 1.29 is 0 Å². The second kappa shape index (κ2) is 2.78. The maximum Gasteiger partial charge on any atom is 0.176 e. The van der Waals surface area contributed by atoms with E-state index in [0.717, 1.165) is 0 Å². The summed E-state index contributed by atoms with van der Waals surface area (Å²) in [6, 6.07) is 0. The fraction of sp³-hybridized carbons (Fsp3) is 0. The average Bonchev–Trinajstić information content (AvgIpc) is 2.45. The van der Waals surface area contributed by atoms with Crippen LogP contribution in [0.3, 0.4) is 0 Å². The molecule has 0 atom stereocenters. The summed E-state index contributed by atoms with van der Waals surface area (Å²) in [4.78, 5) is 0. The van der Waals surface area contributed by atoms with Crippen LogP contribution in [0.2, 0.25) is 0 Å². The molecule has 0 amide bonds. The van der Waals surface area contributed by atoms with Crippen LogP contribution in [-0.2, 0) is 0 Å². The van der Waals surface area contributed by atoms with Crippen molar-refractivity contribution in [2.75, 3.05) is 11.5 Å². The summed E-state index contributed by atoms with van der Waals surface area (Å²) in [6.07, 6.45) is 0. The Balaban J connectivity index is 0.000000720. The van der Waals surface area contributed by atoms with Crippen LogP contribution in [0, 0.1) is 0 Å². The number of hydrogen-bond donors (Lipinski definition) is 3. The van der Waals surface area contributed by atoms with Crippen molar-refractivity contribution in [2.45, 2.75) is 0 Å². The molecule has 0 radical (unpaired) electrons. The lowest BCUT2D eigenvalue weighted by Crippen LogP contribution is -1.99. The maximum atomic E-state index is 5.42. The largest absolute Gasteiger partial charge is 0.380 e. The van der Waals surface area contributed by atoms with Gasteiger partial charge in [-0.15, -0.1) is 22.6 Å². The van der Waals surface area contributed by atoms with Crippen LogP contribution in [0.25, 0.3) is 11.0 Å². The lowest BCUT2D eigenvalue weighted by atomic mass is 10.4. The normalized spacial score (nSPS) is 9.67. The highest BCUT2D eigenvalue weighted by atomic mass is 35.5. The van der Waals surface area contributed by atoms with Gasteiger partial charge in [-0.3, -0.25) is 0 Å². The quantitative estimate of drug-likeness (QED) is 0.503. The van der Waals surface area contributed by atoms with E-state index in [1.165, 1.54) is 0 Å². The number of aromatic nitrogens is 5. The van der Waals surface area contributed by atoms with Gasteiger partial charge in [0.2, 0.25) is 0 Å². The predicted octanol–water partition coefficient (Wildman–Crippen LogP) is -0.666. The summed E-state index contributed by atoms with van der Waals surface area (Å²) in [6.45, 7) is 0. The molecule has 5 N–H and O–H groups in total. The van der Waals surface area contributed by atoms with Crippen molar-refractivity contribution in [1.82, 2.24) is 25.6 Å².